The summed E-state index contributed by atoms with van der Waals surface area (Å²) in [6, 6.07) is 18.7. The molecule has 1 aliphatic heterocycles. The van der Waals surface area contributed by atoms with Crippen molar-refractivity contribution in [2.45, 2.75) is 26.2 Å². The van der Waals surface area contributed by atoms with Gasteiger partial charge in [-0.1, -0.05) is 61.5 Å². The van der Waals surface area contributed by atoms with Crippen molar-refractivity contribution in [3.8, 4) is 11.1 Å². The molecule has 2 aromatic rings. The molecule has 2 amide bonds. The van der Waals surface area contributed by atoms with Gasteiger partial charge in [-0.05, 0) is 29.5 Å². The van der Waals surface area contributed by atoms with E-state index in [-0.39, 0.29) is 11.8 Å². The Labute approximate surface area is 161 Å². The fourth-order valence-corrected chi connectivity index (χ4v) is 4.06. The highest BCUT2D eigenvalue weighted by molar-refractivity contribution is 5.85. The van der Waals surface area contributed by atoms with Crippen molar-refractivity contribution in [3.63, 3.8) is 0 Å². The third-order valence-electron chi connectivity index (χ3n) is 5.45. The van der Waals surface area contributed by atoms with Crippen LogP contribution < -0.4 is 0 Å². The Bertz CT molecular complexity index is 816. The molecule has 2 aromatic carbocycles. The lowest BCUT2D eigenvalue weighted by Gasteiger charge is -2.31. The monoisotopic (exact) mass is 364 g/mol. The van der Waals surface area contributed by atoms with Crippen molar-refractivity contribution < 1.29 is 9.59 Å². The van der Waals surface area contributed by atoms with Crippen molar-refractivity contribution in [1.29, 1.82) is 0 Å². The highest BCUT2D eigenvalue weighted by Crippen LogP contribution is 2.37. The van der Waals surface area contributed by atoms with Gasteiger partial charge in [0.15, 0.2) is 0 Å². The maximum atomic E-state index is 13.1. The summed E-state index contributed by atoms with van der Waals surface area (Å²) in [5.74, 6) is 0.237. The fourth-order valence-electron chi connectivity index (χ4n) is 4.06. The first-order valence-corrected chi connectivity index (χ1v) is 9.59. The van der Waals surface area contributed by atoms with Crippen LogP contribution >= 0.6 is 0 Å². The van der Waals surface area contributed by atoms with Gasteiger partial charge in [-0.25, -0.2) is 0 Å². The van der Waals surface area contributed by atoms with Crippen LogP contribution in [0.1, 0.15) is 25.3 Å². The van der Waals surface area contributed by atoms with Crippen LogP contribution in [0.4, 0.5) is 0 Å². The first-order valence-electron chi connectivity index (χ1n) is 9.59. The summed E-state index contributed by atoms with van der Waals surface area (Å²) in [5, 5.41) is 0. The minimum absolute atomic E-state index is 0.110. The Morgan fingerprint density at radius 2 is 1.74 bits per heavy atom. The van der Waals surface area contributed by atoms with Crippen molar-refractivity contribution in [2.75, 3.05) is 27.2 Å². The van der Waals surface area contributed by atoms with Crippen molar-refractivity contribution in [2.24, 2.45) is 5.41 Å². The number of hydrogen-bond acceptors (Lipinski definition) is 2. The standard InChI is InChI=1S/C23H28N2O2/c1-4-21(26)25-14-13-23(17-25,22(27)24(2)3)16-18-9-8-12-20(15-18)19-10-6-5-7-11-19/h5-12,15H,4,13-14,16-17H2,1-3H3/t23-/m1/s1. The largest absolute Gasteiger partial charge is 0.348 e. The van der Waals surface area contributed by atoms with E-state index in [9.17, 15) is 9.59 Å². The first kappa shape index (κ1) is 19.2. The quantitative estimate of drug-likeness (QED) is 0.813. The number of nitrogens with zero attached hydrogens (tertiary/aromatic N) is 2. The predicted octanol–water partition coefficient (Wildman–Crippen LogP) is 3.61. The van der Waals surface area contributed by atoms with Gasteiger partial charge in [-0.15, -0.1) is 0 Å². The summed E-state index contributed by atoms with van der Waals surface area (Å²) in [5.41, 5.74) is 2.92. The average Bonchev–Trinajstić information content (AvgIpc) is 3.12. The van der Waals surface area contributed by atoms with E-state index in [4.69, 9.17) is 0 Å². The number of hydrogen-bond donors (Lipinski definition) is 0. The van der Waals surface area contributed by atoms with Crippen LogP contribution in [0.25, 0.3) is 11.1 Å². The lowest BCUT2D eigenvalue weighted by atomic mass is 9.79. The minimum Gasteiger partial charge on any atom is -0.348 e. The number of rotatable bonds is 5. The van der Waals surface area contributed by atoms with Gasteiger partial charge in [0.2, 0.25) is 11.8 Å². The van der Waals surface area contributed by atoms with E-state index in [1.807, 2.05) is 30.0 Å². The summed E-state index contributed by atoms with van der Waals surface area (Å²) in [6.45, 7) is 3.04. The second-order valence-electron chi connectivity index (χ2n) is 7.64. The van der Waals surface area contributed by atoms with Crippen LogP contribution in [0.5, 0.6) is 0 Å². The van der Waals surface area contributed by atoms with E-state index < -0.39 is 5.41 Å². The van der Waals surface area contributed by atoms with Crippen LogP contribution in [-0.2, 0) is 16.0 Å². The van der Waals surface area contributed by atoms with Crippen molar-refractivity contribution in [3.05, 3.63) is 60.2 Å². The molecule has 0 spiro atoms. The molecule has 1 atom stereocenters. The van der Waals surface area contributed by atoms with Gasteiger partial charge in [0, 0.05) is 33.6 Å². The Balaban J connectivity index is 1.90. The van der Waals surface area contributed by atoms with Crippen LogP contribution in [0.2, 0.25) is 0 Å². The van der Waals surface area contributed by atoms with Crippen LogP contribution in [0.3, 0.4) is 0 Å². The maximum absolute atomic E-state index is 13.1. The summed E-state index contributed by atoms with van der Waals surface area (Å²) in [4.78, 5) is 28.8. The number of carbonyl (C=O) groups is 2. The zero-order valence-electron chi connectivity index (χ0n) is 16.4. The molecular formula is C23H28N2O2. The first-order chi connectivity index (χ1) is 12.9. The van der Waals surface area contributed by atoms with Gasteiger partial charge in [0.05, 0.1) is 5.41 Å². The molecule has 4 heteroatoms. The third kappa shape index (κ3) is 4.05. The minimum atomic E-state index is -0.538. The zero-order valence-corrected chi connectivity index (χ0v) is 16.4. The van der Waals surface area contributed by atoms with Crippen LogP contribution in [0.15, 0.2) is 54.6 Å². The maximum Gasteiger partial charge on any atom is 0.230 e. The second kappa shape index (κ2) is 7.95. The summed E-state index contributed by atoms with van der Waals surface area (Å²) >= 11 is 0. The lowest BCUT2D eigenvalue weighted by molar-refractivity contribution is -0.139. The van der Waals surface area contributed by atoms with E-state index in [0.717, 1.165) is 11.1 Å². The Kier molecular flexibility index (Phi) is 5.64. The highest BCUT2D eigenvalue weighted by atomic mass is 16.2. The highest BCUT2D eigenvalue weighted by Gasteiger charge is 2.46. The molecule has 27 heavy (non-hydrogen) atoms. The second-order valence-corrected chi connectivity index (χ2v) is 7.64. The van der Waals surface area contributed by atoms with Gasteiger partial charge in [-0.2, -0.15) is 0 Å². The molecule has 0 unspecified atom stereocenters. The SMILES string of the molecule is CCC(=O)N1CC[C@](Cc2cccc(-c3ccccc3)c2)(C(=O)N(C)C)C1. The van der Waals surface area contributed by atoms with E-state index >= 15 is 0 Å². The van der Waals surface area contributed by atoms with E-state index in [1.54, 1.807) is 19.0 Å². The van der Waals surface area contributed by atoms with E-state index in [1.165, 1.54) is 5.56 Å². The van der Waals surface area contributed by atoms with Gasteiger partial charge in [0.1, 0.15) is 0 Å². The van der Waals surface area contributed by atoms with Crippen LogP contribution in [-0.4, -0.2) is 48.8 Å². The van der Waals surface area contributed by atoms with E-state index in [0.29, 0.717) is 32.4 Å². The molecule has 0 aromatic heterocycles. The smallest absolute Gasteiger partial charge is 0.230 e. The summed E-state index contributed by atoms with van der Waals surface area (Å²) in [6.07, 6.45) is 1.85. The molecule has 3 rings (SSSR count). The number of carbonyl (C=O) groups excluding carboxylic acids is 2. The molecule has 0 N–H and O–H groups in total. The van der Waals surface area contributed by atoms with E-state index in [2.05, 4.69) is 36.4 Å². The molecule has 1 heterocycles. The van der Waals surface area contributed by atoms with Crippen LogP contribution in [0, 0.1) is 5.41 Å². The van der Waals surface area contributed by atoms with Crippen molar-refractivity contribution in [1.82, 2.24) is 9.80 Å². The number of likely N-dealkylation sites (tertiary alicyclic amines) is 1. The Hall–Kier alpha value is -2.62. The molecule has 0 radical (unpaired) electrons. The average molecular weight is 364 g/mol. The molecule has 0 bridgehead atoms. The molecule has 142 valence electrons. The predicted molar refractivity (Wildman–Crippen MR) is 108 cm³/mol. The molecule has 0 aliphatic carbocycles. The topological polar surface area (TPSA) is 40.6 Å². The molecule has 4 nitrogen and oxygen atoms in total. The third-order valence-corrected chi connectivity index (χ3v) is 5.45. The summed E-state index contributed by atoms with van der Waals surface area (Å²) < 4.78 is 0. The lowest BCUT2D eigenvalue weighted by Crippen LogP contribution is -2.44. The van der Waals surface area contributed by atoms with Crippen molar-refractivity contribution >= 4 is 11.8 Å². The number of benzene rings is 2. The fraction of sp³-hybridized carbons (Fsp3) is 0.391. The molecular weight excluding hydrogens is 336 g/mol. The molecule has 1 aliphatic rings. The zero-order chi connectivity index (χ0) is 19.4. The molecule has 1 fully saturated rings. The van der Waals surface area contributed by atoms with Gasteiger partial charge >= 0.3 is 0 Å². The Morgan fingerprint density at radius 1 is 1.04 bits per heavy atom. The molecule has 1 saturated heterocycles. The molecule has 0 saturated carbocycles. The normalized spacial score (nSPS) is 19.1. The van der Waals surface area contributed by atoms with Gasteiger partial charge < -0.3 is 9.80 Å². The Morgan fingerprint density at radius 3 is 2.41 bits per heavy atom. The van der Waals surface area contributed by atoms with Gasteiger partial charge in [-0.3, -0.25) is 9.59 Å². The number of amides is 2. The summed E-state index contributed by atoms with van der Waals surface area (Å²) in [7, 11) is 3.60. The van der Waals surface area contributed by atoms with Gasteiger partial charge in [0.25, 0.3) is 0 Å².